The highest BCUT2D eigenvalue weighted by atomic mass is 16.5. The van der Waals surface area contributed by atoms with E-state index in [-0.39, 0.29) is 35.2 Å². The van der Waals surface area contributed by atoms with Crippen molar-refractivity contribution in [1.29, 1.82) is 5.26 Å². The highest BCUT2D eigenvalue weighted by Crippen LogP contribution is 2.44. The lowest BCUT2D eigenvalue weighted by Gasteiger charge is -2.23. The summed E-state index contributed by atoms with van der Waals surface area (Å²) in [5.41, 5.74) is 1.07. The van der Waals surface area contributed by atoms with E-state index in [4.69, 9.17) is 10.00 Å². The summed E-state index contributed by atoms with van der Waals surface area (Å²) in [4.78, 5) is 23.8. The molecular weight excluding hydrogens is 290 g/mol. The molecule has 0 aliphatic heterocycles. The fourth-order valence-corrected chi connectivity index (χ4v) is 3.68. The Kier molecular flexibility index (Phi) is 6.06. The molecule has 23 heavy (non-hydrogen) atoms. The number of ether oxygens (including phenoxy) is 1. The Labute approximate surface area is 137 Å². The lowest BCUT2D eigenvalue weighted by atomic mass is 9.83. The van der Waals surface area contributed by atoms with Gasteiger partial charge in [0.2, 0.25) is 0 Å². The third kappa shape index (κ3) is 4.27. The molecule has 0 saturated heterocycles. The Morgan fingerprint density at radius 3 is 2.30 bits per heavy atom. The molecule has 1 aromatic rings. The first kappa shape index (κ1) is 17.4. The number of Topliss-reactive ketones (excluding diaryl/α,β-unsaturated/α-hetero) is 2. The molecule has 4 heteroatoms. The SMILES string of the molecule is CC(=O)[C@H]1C[C@@H](C(C)=O)[C@H](COCc2ccccc2)[C@H]1CC#N. The van der Waals surface area contributed by atoms with E-state index in [0.717, 1.165) is 5.56 Å². The zero-order valence-electron chi connectivity index (χ0n) is 13.7. The normalized spacial score (nSPS) is 26.7. The van der Waals surface area contributed by atoms with E-state index in [0.29, 0.717) is 26.1 Å². The largest absolute Gasteiger partial charge is 0.376 e. The summed E-state index contributed by atoms with van der Waals surface area (Å²) in [6, 6.07) is 12.0. The molecule has 1 aliphatic carbocycles. The van der Waals surface area contributed by atoms with E-state index >= 15 is 0 Å². The average molecular weight is 313 g/mol. The van der Waals surface area contributed by atoms with Gasteiger partial charge in [0.05, 0.1) is 19.3 Å². The molecule has 1 aliphatic rings. The lowest BCUT2D eigenvalue weighted by Crippen LogP contribution is -2.27. The van der Waals surface area contributed by atoms with Crippen LogP contribution in [0.3, 0.4) is 0 Å². The molecular formula is C19H23NO3. The van der Waals surface area contributed by atoms with Crippen LogP contribution >= 0.6 is 0 Å². The molecule has 1 saturated carbocycles. The third-order valence-corrected chi connectivity index (χ3v) is 4.88. The van der Waals surface area contributed by atoms with E-state index in [2.05, 4.69) is 6.07 Å². The fourth-order valence-electron chi connectivity index (χ4n) is 3.68. The summed E-state index contributed by atoms with van der Waals surface area (Å²) in [7, 11) is 0. The summed E-state index contributed by atoms with van der Waals surface area (Å²) < 4.78 is 5.82. The molecule has 0 spiro atoms. The van der Waals surface area contributed by atoms with Crippen molar-refractivity contribution in [3.8, 4) is 6.07 Å². The van der Waals surface area contributed by atoms with Gasteiger partial charge in [0, 0.05) is 18.3 Å². The van der Waals surface area contributed by atoms with Gasteiger partial charge in [0.1, 0.15) is 11.6 Å². The van der Waals surface area contributed by atoms with E-state index in [9.17, 15) is 9.59 Å². The smallest absolute Gasteiger partial charge is 0.133 e. The van der Waals surface area contributed by atoms with Gasteiger partial charge in [-0.3, -0.25) is 9.59 Å². The summed E-state index contributed by atoms with van der Waals surface area (Å²) in [6.45, 7) is 4.02. The van der Waals surface area contributed by atoms with Gasteiger partial charge < -0.3 is 4.74 Å². The number of carbonyl (C=O) groups is 2. The van der Waals surface area contributed by atoms with Crippen LogP contribution in [0.5, 0.6) is 0 Å². The predicted octanol–water partition coefficient (Wildman–Crippen LogP) is 3.16. The van der Waals surface area contributed by atoms with E-state index in [1.165, 1.54) is 0 Å². The van der Waals surface area contributed by atoms with E-state index < -0.39 is 0 Å². The maximum Gasteiger partial charge on any atom is 0.133 e. The first-order valence-corrected chi connectivity index (χ1v) is 8.04. The number of rotatable bonds is 7. The van der Waals surface area contributed by atoms with Crippen molar-refractivity contribution in [2.24, 2.45) is 23.7 Å². The minimum atomic E-state index is -0.200. The Hall–Kier alpha value is -1.99. The van der Waals surface area contributed by atoms with Gasteiger partial charge in [-0.1, -0.05) is 30.3 Å². The van der Waals surface area contributed by atoms with Gasteiger partial charge in [-0.2, -0.15) is 5.26 Å². The van der Waals surface area contributed by atoms with Crippen molar-refractivity contribution in [1.82, 2.24) is 0 Å². The van der Waals surface area contributed by atoms with Crippen LogP contribution in [-0.2, 0) is 20.9 Å². The minimum Gasteiger partial charge on any atom is -0.376 e. The fraction of sp³-hybridized carbons (Fsp3) is 0.526. The monoisotopic (exact) mass is 313 g/mol. The Bertz CT molecular complexity index is 590. The number of hydrogen-bond acceptors (Lipinski definition) is 4. The van der Waals surface area contributed by atoms with Crippen molar-refractivity contribution in [3.63, 3.8) is 0 Å². The van der Waals surface area contributed by atoms with Gasteiger partial charge in [-0.05, 0) is 37.7 Å². The molecule has 1 aromatic carbocycles. The third-order valence-electron chi connectivity index (χ3n) is 4.88. The van der Waals surface area contributed by atoms with Crippen LogP contribution in [0.1, 0.15) is 32.3 Å². The molecule has 4 nitrogen and oxygen atoms in total. The predicted molar refractivity (Wildman–Crippen MR) is 86.3 cm³/mol. The van der Waals surface area contributed by atoms with Gasteiger partial charge in [-0.15, -0.1) is 0 Å². The number of nitrogens with zero attached hydrogens (tertiary/aromatic N) is 1. The molecule has 0 N–H and O–H groups in total. The van der Waals surface area contributed by atoms with E-state index in [1.54, 1.807) is 13.8 Å². The van der Waals surface area contributed by atoms with Crippen LogP contribution in [0.4, 0.5) is 0 Å². The second-order valence-corrected chi connectivity index (χ2v) is 6.36. The van der Waals surface area contributed by atoms with Crippen molar-refractivity contribution < 1.29 is 14.3 Å². The van der Waals surface area contributed by atoms with Gasteiger partial charge >= 0.3 is 0 Å². The van der Waals surface area contributed by atoms with Crippen molar-refractivity contribution >= 4 is 11.6 Å². The molecule has 0 heterocycles. The molecule has 122 valence electrons. The van der Waals surface area contributed by atoms with Crippen LogP contribution in [0.2, 0.25) is 0 Å². The molecule has 0 radical (unpaired) electrons. The van der Waals surface area contributed by atoms with Gasteiger partial charge in [0.15, 0.2) is 0 Å². The highest BCUT2D eigenvalue weighted by Gasteiger charge is 2.46. The second kappa shape index (κ2) is 8.03. The van der Waals surface area contributed by atoms with Crippen LogP contribution in [0, 0.1) is 35.0 Å². The first-order chi connectivity index (χ1) is 11.0. The molecule has 2 rings (SSSR count). The number of ketones is 2. The zero-order valence-corrected chi connectivity index (χ0v) is 13.7. The number of nitriles is 1. The molecule has 0 unspecified atom stereocenters. The average Bonchev–Trinajstić information content (AvgIpc) is 2.88. The second-order valence-electron chi connectivity index (χ2n) is 6.36. The van der Waals surface area contributed by atoms with Crippen molar-refractivity contribution in [2.45, 2.75) is 33.3 Å². The van der Waals surface area contributed by atoms with Gasteiger partial charge in [-0.25, -0.2) is 0 Å². The maximum atomic E-state index is 12.0. The zero-order chi connectivity index (χ0) is 16.8. The Morgan fingerprint density at radius 1 is 1.13 bits per heavy atom. The number of benzene rings is 1. The topological polar surface area (TPSA) is 67.2 Å². The van der Waals surface area contributed by atoms with Gasteiger partial charge in [0.25, 0.3) is 0 Å². The molecule has 0 amide bonds. The molecule has 0 aromatic heterocycles. The molecule has 0 bridgehead atoms. The van der Waals surface area contributed by atoms with E-state index in [1.807, 2.05) is 30.3 Å². The highest BCUT2D eigenvalue weighted by molar-refractivity contribution is 5.83. The van der Waals surface area contributed by atoms with Crippen LogP contribution < -0.4 is 0 Å². The Morgan fingerprint density at radius 2 is 1.74 bits per heavy atom. The molecule has 4 atom stereocenters. The number of hydrogen-bond donors (Lipinski definition) is 0. The summed E-state index contributed by atoms with van der Waals surface area (Å²) in [6.07, 6.45) is 0.851. The lowest BCUT2D eigenvalue weighted by molar-refractivity contribution is -0.122. The van der Waals surface area contributed by atoms with Crippen LogP contribution in [-0.4, -0.2) is 18.2 Å². The minimum absolute atomic E-state index is 0.0511. The summed E-state index contributed by atoms with van der Waals surface area (Å²) in [5, 5.41) is 9.09. The summed E-state index contributed by atoms with van der Waals surface area (Å²) in [5.74, 6) is -0.356. The van der Waals surface area contributed by atoms with Crippen LogP contribution in [0.15, 0.2) is 30.3 Å². The molecule has 1 fully saturated rings. The first-order valence-electron chi connectivity index (χ1n) is 8.04. The number of carbonyl (C=O) groups excluding carboxylic acids is 2. The maximum absolute atomic E-state index is 12.0. The standard InChI is InChI=1S/C19H23NO3/c1-13(21)17-10-18(14(2)22)19(16(17)8-9-20)12-23-11-15-6-4-3-5-7-15/h3-7,16-19H,8,10-12H2,1-2H3/t16-,17+,18-,19+/m0/s1. The Balaban J connectivity index is 2.06. The van der Waals surface area contributed by atoms with Crippen molar-refractivity contribution in [2.75, 3.05) is 6.61 Å². The quantitative estimate of drug-likeness (QED) is 0.775. The van der Waals surface area contributed by atoms with Crippen molar-refractivity contribution in [3.05, 3.63) is 35.9 Å². The summed E-state index contributed by atoms with van der Waals surface area (Å²) >= 11 is 0. The van der Waals surface area contributed by atoms with Crippen LogP contribution in [0.25, 0.3) is 0 Å².